The molecule has 2 atom stereocenters. The maximum absolute atomic E-state index is 13.0. The number of nitrogens with one attached hydrogen (secondary N) is 2. The predicted octanol–water partition coefficient (Wildman–Crippen LogP) is 2.95. The Bertz CT molecular complexity index is 1020. The third-order valence-electron chi connectivity index (χ3n) is 5.07. The van der Waals surface area contributed by atoms with Crippen molar-refractivity contribution in [2.24, 2.45) is 5.92 Å². The van der Waals surface area contributed by atoms with Crippen LogP contribution < -0.4 is 19.5 Å². The minimum atomic E-state index is -3.94. The Labute approximate surface area is 177 Å². The molecule has 2 aromatic rings. The number of aryl methyl sites for hydroxylation is 1. The zero-order valence-corrected chi connectivity index (χ0v) is 18.5. The topological polar surface area (TPSA) is 93.7 Å². The molecule has 1 aliphatic rings. The molecular weight excluding hydrogens is 404 g/mol. The first-order valence-electron chi connectivity index (χ1n) is 9.97. The van der Waals surface area contributed by atoms with Gasteiger partial charge in [-0.25, -0.2) is 8.42 Å². The molecule has 1 amide bonds. The highest BCUT2D eigenvalue weighted by atomic mass is 32.2. The van der Waals surface area contributed by atoms with Gasteiger partial charge in [-0.15, -0.1) is 0 Å². The van der Waals surface area contributed by atoms with Crippen molar-refractivity contribution in [1.29, 1.82) is 0 Å². The van der Waals surface area contributed by atoms with Crippen LogP contribution in [0.15, 0.2) is 47.4 Å². The van der Waals surface area contributed by atoms with Crippen LogP contribution in [0.5, 0.6) is 11.5 Å². The van der Waals surface area contributed by atoms with E-state index in [1.165, 1.54) is 12.1 Å². The molecule has 7 nitrogen and oxygen atoms in total. The van der Waals surface area contributed by atoms with Crippen LogP contribution in [0.3, 0.4) is 0 Å². The summed E-state index contributed by atoms with van der Waals surface area (Å²) in [7, 11) is -3.94. The number of ether oxygens (including phenoxy) is 2. The van der Waals surface area contributed by atoms with Crippen LogP contribution in [0.1, 0.15) is 37.9 Å². The lowest BCUT2D eigenvalue weighted by molar-refractivity contribution is -0.124. The van der Waals surface area contributed by atoms with Crippen LogP contribution in [0.4, 0.5) is 0 Å². The lowest BCUT2D eigenvalue weighted by Crippen LogP contribution is -2.50. The van der Waals surface area contributed by atoms with Crippen LogP contribution in [-0.4, -0.2) is 33.6 Å². The van der Waals surface area contributed by atoms with E-state index in [1.54, 1.807) is 19.9 Å². The van der Waals surface area contributed by atoms with E-state index in [4.69, 9.17) is 9.47 Å². The summed E-state index contributed by atoms with van der Waals surface area (Å²) in [4.78, 5) is 13.0. The maximum atomic E-state index is 13.0. The van der Waals surface area contributed by atoms with Gasteiger partial charge >= 0.3 is 0 Å². The van der Waals surface area contributed by atoms with E-state index in [0.717, 1.165) is 11.1 Å². The summed E-state index contributed by atoms with van der Waals surface area (Å²) in [5, 5.41) is 2.93. The molecule has 0 radical (unpaired) electrons. The number of carbonyl (C=O) groups excluding carboxylic acids is 1. The molecule has 0 aromatic heterocycles. The molecule has 1 aliphatic heterocycles. The molecular formula is C22H28N2O5S. The quantitative estimate of drug-likeness (QED) is 0.702. The molecule has 0 fully saturated rings. The Balaban J connectivity index is 1.77. The molecule has 0 saturated heterocycles. The number of hydrogen-bond donors (Lipinski definition) is 2. The van der Waals surface area contributed by atoms with Gasteiger partial charge in [0.2, 0.25) is 15.9 Å². The zero-order valence-electron chi connectivity index (χ0n) is 17.6. The maximum Gasteiger partial charge on any atom is 0.241 e. The van der Waals surface area contributed by atoms with Gasteiger partial charge in [0, 0.05) is 6.07 Å². The summed E-state index contributed by atoms with van der Waals surface area (Å²) in [5.41, 5.74) is 2.05. The Hall–Kier alpha value is -2.58. The molecule has 2 aromatic carbocycles. The fraction of sp³-hybridized carbons (Fsp3) is 0.409. The highest BCUT2D eigenvalue weighted by Crippen LogP contribution is 2.32. The number of sulfonamides is 1. The van der Waals surface area contributed by atoms with Crippen molar-refractivity contribution in [3.8, 4) is 11.5 Å². The summed E-state index contributed by atoms with van der Waals surface area (Å²) >= 11 is 0. The van der Waals surface area contributed by atoms with Gasteiger partial charge in [-0.2, -0.15) is 4.72 Å². The van der Waals surface area contributed by atoms with E-state index in [2.05, 4.69) is 10.0 Å². The lowest BCUT2D eigenvalue weighted by Gasteiger charge is -2.25. The van der Waals surface area contributed by atoms with E-state index in [0.29, 0.717) is 24.7 Å². The minimum Gasteiger partial charge on any atom is -0.486 e. The van der Waals surface area contributed by atoms with E-state index in [9.17, 15) is 13.2 Å². The number of rotatable bonds is 7. The number of carbonyl (C=O) groups is 1. The third kappa shape index (κ3) is 4.94. The van der Waals surface area contributed by atoms with Crippen molar-refractivity contribution in [3.05, 3.63) is 53.6 Å². The molecule has 0 spiro atoms. The molecule has 0 saturated carbocycles. The van der Waals surface area contributed by atoms with Crippen molar-refractivity contribution < 1.29 is 22.7 Å². The second-order valence-corrected chi connectivity index (χ2v) is 9.45. The van der Waals surface area contributed by atoms with E-state index >= 15 is 0 Å². The molecule has 0 aliphatic carbocycles. The van der Waals surface area contributed by atoms with Gasteiger partial charge in [-0.3, -0.25) is 4.79 Å². The number of benzene rings is 2. The fourth-order valence-electron chi connectivity index (χ4n) is 3.37. The van der Waals surface area contributed by atoms with Gasteiger partial charge < -0.3 is 14.8 Å². The molecule has 2 N–H and O–H groups in total. The highest BCUT2D eigenvalue weighted by Gasteiger charge is 2.30. The highest BCUT2D eigenvalue weighted by molar-refractivity contribution is 7.89. The van der Waals surface area contributed by atoms with Crippen molar-refractivity contribution in [2.75, 3.05) is 13.2 Å². The van der Waals surface area contributed by atoms with E-state index in [1.807, 2.05) is 38.1 Å². The first-order valence-corrected chi connectivity index (χ1v) is 11.4. The second kappa shape index (κ2) is 9.06. The molecule has 2 unspecified atom stereocenters. The van der Waals surface area contributed by atoms with Gasteiger partial charge in [-0.05, 0) is 43.0 Å². The van der Waals surface area contributed by atoms with Gasteiger partial charge in [0.25, 0.3) is 0 Å². The molecule has 162 valence electrons. The lowest BCUT2D eigenvalue weighted by atomic mass is 10.0. The number of fused-ring (bicyclic) bond motifs is 1. The first kappa shape index (κ1) is 22.1. The van der Waals surface area contributed by atoms with Crippen molar-refractivity contribution in [3.63, 3.8) is 0 Å². The summed E-state index contributed by atoms with van der Waals surface area (Å²) < 4.78 is 39.4. The monoisotopic (exact) mass is 432 g/mol. The summed E-state index contributed by atoms with van der Waals surface area (Å²) in [6.45, 7) is 8.24. The fourth-order valence-corrected chi connectivity index (χ4v) is 4.73. The van der Waals surface area contributed by atoms with Crippen LogP contribution in [0.2, 0.25) is 0 Å². The Morgan fingerprint density at radius 3 is 2.33 bits per heavy atom. The Morgan fingerprint density at radius 1 is 1.00 bits per heavy atom. The second-order valence-electron chi connectivity index (χ2n) is 7.74. The first-order chi connectivity index (χ1) is 14.2. The van der Waals surface area contributed by atoms with Crippen LogP contribution in [-0.2, 0) is 14.8 Å². The zero-order chi connectivity index (χ0) is 21.9. The molecule has 8 heteroatoms. The predicted molar refractivity (Wildman–Crippen MR) is 114 cm³/mol. The van der Waals surface area contributed by atoms with E-state index in [-0.39, 0.29) is 22.8 Å². The van der Waals surface area contributed by atoms with Crippen molar-refractivity contribution in [2.45, 2.75) is 44.7 Å². The van der Waals surface area contributed by atoms with Gasteiger partial charge in [-0.1, -0.05) is 38.1 Å². The van der Waals surface area contributed by atoms with Crippen molar-refractivity contribution >= 4 is 15.9 Å². The smallest absolute Gasteiger partial charge is 0.241 e. The third-order valence-corrected chi connectivity index (χ3v) is 6.51. The normalized spacial score (nSPS) is 15.5. The number of hydrogen-bond acceptors (Lipinski definition) is 5. The SMILES string of the molecule is Cc1ccccc1C(C)NC(=O)C(NS(=O)(=O)c1ccc2c(c1)OCCO2)C(C)C. The van der Waals surface area contributed by atoms with E-state index < -0.39 is 16.1 Å². The summed E-state index contributed by atoms with van der Waals surface area (Å²) in [6, 6.07) is 11.0. The standard InChI is InChI=1S/C22H28N2O5S/c1-14(2)21(22(25)23-16(4)18-8-6-5-7-15(18)3)24-30(26,27)17-9-10-19-20(13-17)29-12-11-28-19/h5-10,13-14,16,21,24H,11-12H2,1-4H3,(H,23,25). The van der Waals surface area contributed by atoms with Gasteiger partial charge in [0.05, 0.1) is 10.9 Å². The van der Waals surface area contributed by atoms with Gasteiger partial charge in [0.1, 0.15) is 19.3 Å². The Morgan fingerprint density at radius 2 is 1.67 bits per heavy atom. The van der Waals surface area contributed by atoms with Crippen molar-refractivity contribution in [1.82, 2.24) is 10.0 Å². The summed E-state index contributed by atoms with van der Waals surface area (Å²) in [6.07, 6.45) is 0. The number of amides is 1. The molecule has 30 heavy (non-hydrogen) atoms. The average Bonchev–Trinajstić information content (AvgIpc) is 2.71. The minimum absolute atomic E-state index is 0.0251. The molecule has 3 rings (SSSR count). The van der Waals surface area contributed by atoms with Crippen LogP contribution >= 0.6 is 0 Å². The molecule has 0 bridgehead atoms. The van der Waals surface area contributed by atoms with Crippen LogP contribution in [0.25, 0.3) is 0 Å². The summed E-state index contributed by atoms with van der Waals surface area (Å²) in [5.74, 6) is 0.260. The van der Waals surface area contributed by atoms with Gasteiger partial charge in [0.15, 0.2) is 11.5 Å². The largest absolute Gasteiger partial charge is 0.486 e. The molecule has 1 heterocycles. The van der Waals surface area contributed by atoms with Crippen LogP contribution in [0, 0.1) is 12.8 Å². The Kier molecular flexibility index (Phi) is 6.67. The average molecular weight is 433 g/mol.